The first kappa shape index (κ1) is 18.0. The molecule has 0 spiro atoms. The highest BCUT2D eigenvalue weighted by atomic mass is 16.7. The molecule has 1 heterocycles. The number of hydrogen-bond acceptors (Lipinski definition) is 3. The van der Waals surface area contributed by atoms with E-state index in [1.807, 2.05) is 24.3 Å². The minimum absolute atomic E-state index is 0.250. The number of unbranched alkanes of at least 4 members (excludes halogenated alkanes) is 3. The van der Waals surface area contributed by atoms with Gasteiger partial charge in [0.2, 0.25) is 0 Å². The van der Waals surface area contributed by atoms with Crippen molar-refractivity contribution in [2.45, 2.75) is 52.2 Å². The van der Waals surface area contributed by atoms with Gasteiger partial charge in [-0.2, -0.15) is 0 Å². The zero-order chi connectivity index (χ0) is 16.3. The average Bonchev–Trinajstić information content (AvgIpc) is 2.60. The van der Waals surface area contributed by atoms with Gasteiger partial charge in [0.15, 0.2) is 6.29 Å². The predicted molar refractivity (Wildman–Crippen MR) is 93.6 cm³/mol. The Morgan fingerprint density at radius 1 is 1.04 bits per heavy atom. The van der Waals surface area contributed by atoms with Crippen LogP contribution in [0.3, 0.4) is 0 Å². The van der Waals surface area contributed by atoms with E-state index in [4.69, 9.17) is 14.2 Å². The maximum atomic E-state index is 5.86. The molecule has 0 N–H and O–H groups in total. The van der Waals surface area contributed by atoms with Crippen molar-refractivity contribution < 1.29 is 14.2 Å². The van der Waals surface area contributed by atoms with Gasteiger partial charge in [-0.15, -0.1) is 0 Å². The smallest absolute Gasteiger partial charge is 0.183 e. The normalized spacial score (nSPS) is 21.7. The molecule has 0 saturated carbocycles. The molecule has 2 rings (SSSR count). The first-order chi connectivity index (χ1) is 11.3. The van der Waals surface area contributed by atoms with E-state index in [1.54, 1.807) is 0 Å². The van der Waals surface area contributed by atoms with E-state index in [-0.39, 0.29) is 6.29 Å². The van der Waals surface area contributed by atoms with Crippen LogP contribution in [0.2, 0.25) is 0 Å². The summed E-state index contributed by atoms with van der Waals surface area (Å²) in [5.41, 5.74) is 1.06. The lowest BCUT2D eigenvalue weighted by Crippen LogP contribution is -2.25. The monoisotopic (exact) mass is 318 g/mol. The predicted octanol–water partition coefficient (Wildman–Crippen LogP) is 5.27. The molecule has 1 aliphatic heterocycles. The van der Waals surface area contributed by atoms with Crippen molar-refractivity contribution in [2.24, 2.45) is 5.92 Å². The van der Waals surface area contributed by atoms with Crippen LogP contribution >= 0.6 is 0 Å². The van der Waals surface area contributed by atoms with E-state index >= 15 is 0 Å². The molecule has 0 radical (unpaired) electrons. The first-order valence-electron chi connectivity index (χ1n) is 8.96. The van der Waals surface area contributed by atoms with Crippen molar-refractivity contribution in [3.8, 4) is 5.75 Å². The molecule has 1 fully saturated rings. The third-order valence-electron chi connectivity index (χ3n) is 3.97. The van der Waals surface area contributed by atoms with Gasteiger partial charge in [-0.05, 0) is 25.0 Å². The van der Waals surface area contributed by atoms with Crippen molar-refractivity contribution in [1.29, 1.82) is 0 Å². The van der Waals surface area contributed by atoms with Crippen LogP contribution < -0.4 is 4.74 Å². The molecule has 1 aliphatic rings. The highest BCUT2D eigenvalue weighted by Crippen LogP contribution is 2.27. The summed E-state index contributed by atoms with van der Waals surface area (Å²) in [7, 11) is 0. The van der Waals surface area contributed by atoms with Gasteiger partial charge in [-0.1, -0.05) is 57.4 Å². The molecule has 128 valence electrons. The van der Waals surface area contributed by atoms with Gasteiger partial charge >= 0.3 is 0 Å². The maximum absolute atomic E-state index is 5.86. The Bertz CT molecular complexity index is 444. The quantitative estimate of drug-likeness (QED) is 0.458. The zero-order valence-corrected chi connectivity index (χ0v) is 14.5. The second-order valence-corrected chi connectivity index (χ2v) is 6.10. The topological polar surface area (TPSA) is 27.7 Å². The van der Waals surface area contributed by atoms with Gasteiger partial charge in [0.25, 0.3) is 0 Å². The first-order valence-corrected chi connectivity index (χ1v) is 8.96. The Labute approximate surface area is 140 Å². The molecular formula is C20H30O3. The standard InChI is InChI=1S/C20H30O3/c1-3-5-7-8-9-17-15-22-20(23-16-17)18-10-12-19(13-11-18)21-14-6-4-2/h8-13,17,20H,3-7,14-16H2,1-2H3/b9-8+. The number of allylic oxidation sites excluding steroid dienone is 1. The molecule has 3 nitrogen and oxygen atoms in total. The summed E-state index contributed by atoms with van der Waals surface area (Å²) in [6.07, 6.45) is 10.1. The van der Waals surface area contributed by atoms with Gasteiger partial charge in [-0.25, -0.2) is 0 Å². The third kappa shape index (κ3) is 6.36. The molecule has 0 aliphatic carbocycles. The van der Waals surface area contributed by atoms with Gasteiger partial charge in [-0.3, -0.25) is 0 Å². The molecule has 3 heteroatoms. The molecule has 0 aromatic heterocycles. The van der Waals surface area contributed by atoms with Crippen LogP contribution in [-0.4, -0.2) is 19.8 Å². The van der Waals surface area contributed by atoms with Crippen molar-refractivity contribution >= 4 is 0 Å². The van der Waals surface area contributed by atoms with Crippen molar-refractivity contribution in [3.63, 3.8) is 0 Å². The highest BCUT2D eigenvalue weighted by Gasteiger charge is 2.21. The molecule has 1 aromatic rings. The van der Waals surface area contributed by atoms with Crippen LogP contribution in [0.15, 0.2) is 36.4 Å². The molecule has 0 atom stereocenters. The SMILES string of the molecule is CCCC/C=C/C1COC(c2ccc(OCCCC)cc2)OC1. The van der Waals surface area contributed by atoms with E-state index in [2.05, 4.69) is 26.0 Å². The van der Waals surface area contributed by atoms with Crippen molar-refractivity contribution in [1.82, 2.24) is 0 Å². The van der Waals surface area contributed by atoms with E-state index in [9.17, 15) is 0 Å². The summed E-state index contributed by atoms with van der Waals surface area (Å²) >= 11 is 0. The Hall–Kier alpha value is -1.32. The second kappa shape index (κ2) is 10.5. The molecule has 1 saturated heterocycles. The van der Waals surface area contributed by atoms with E-state index in [0.29, 0.717) is 5.92 Å². The van der Waals surface area contributed by atoms with E-state index < -0.39 is 0 Å². The van der Waals surface area contributed by atoms with Gasteiger partial charge < -0.3 is 14.2 Å². The summed E-state index contributed by atoms with van der Waals surface area (Å²) < 4.78 is 17.4. The molecule has 23 heavy (non-hydrogen) atoms. The Morgan fingerprint density at radius 3 is 2.39 bits per heavy atom. The molecule has 0 amide bonds. The molecule has 0 unspecified atom stereocenters. The lowest BCUT2D eigenvalue weighted by Gasteiger charge is -2.28. The number of ether oxygens (including phenoxy) is 3. The second-order valence-electron chi connectivity index (χ2n) is 6.10. The lowest BCUT2D eigenvalue weighted by atomic mass is 10.1. The molecule has 1 aromatic carbocycles. The summed E-state index contributed by atoms with van der Waals surface area (Å²) in [5.74, 6) is 1.29. The zero-order valence-electron chi connectivity index (χ0n) is 14.5. The van der Waals surface area contributed by atoms with E-state index in [1.165, 1.54) is 12.8 Å². The summed E-state index contributed by atoms with van der Waals surface area (Å²) in [6.45, 7) is 6.60. The van der Waals surface area contributed by atoms with Gasteiger partial charge in [0.05, 0.1) is 19.8 Å². The van der Waals surface area contributed by atoms with Gasteiger partial charge in [0, 0.05) is 11.5 Å². The fourth-order valence-electron chi connectivity index (χ4n) is 2.49. The summed E-state index contributed by atoms with van der Waals surface area (Å²) in [6, 6.07) is 8.05. The number of benzene rings is 1. The number of rotatable bonds is 9. The van der Waals surface area contributed by atoms with Crippen LogP contribution in [0.5, 0.6) is 5.75 Å². The van der Waals surface area contributed by atoms with Crippen LogP contribution in [0.1, 0.15) is 57.8 Å². The Kier molecular flexibility index (Phi) is 8.19. The van der Waals surface area contributed by atoms with Crippen LogP contribution in [-0.2, 0) is 9.47 Å². The largest absolute Gasteiger partial charge is 0.494 e. The van der Waals surface area contributed by atoms with Crippen LogP contribution in [0.4, 0.5) is 0 Å². The van der Waals surface area contributed by atoms with Crippen LogP contribution in [0.25, 0.3) is 0 Å². The molecular weight excluding hydrogens is 288 g/mol. The summed E-state index contributed by atoms with van der Waals surface area (Å²) in [4.78, 5) is 0. The van der Waals surface area contributed by atoms with Crippen molar-refractivity contribution in [2.75, 3.05) is 19.8 Å². The highest BCUT2D eigenvalue weighted by molar-refractivity contribution is 5.28. The fourth-order valence-corrected chi connectivity index (χ4v) is 2.49. The lowest BCUT2D eigenvalue weighted by molar-refractivity contribution is -0.197. The van der Waals surface area contributed by atoms with Crippen molar-refractivity contribution in [3.05, 3.63) is 42.0 Å². The fraction of sp³-hybridized carbons (Fsp3) is 0.600. The number of hydrogen-bond donors (Lipinski definition) is 0. The average molecular weight is 318 g/mol. The van der Waals surface area contributed by atoms with Crippen LogP contribution in [0, 0.1) is 5.92 Å². The minimum Gasteiger partial charge on any atom is -0.494 e. The Morgan fingerprint density at radius 2 is 1.74 bits per heavy atom. The summed E-state index contributed by atoms with van der Waals surface area (Å²) in [5, 5.41) is 0. The Balaban J connectivity index is 1.75. The van der Waals surface area contributed by atoms with Gasteiger partial charge in [0.1, 0.15) is 5.75 Å². The van der Waals surface area contributed by atoms with E-state index in [0.717, 1.165) is 50.4 Å². The minimum atomic E-state index is -0.250. The maximum Gasteiger partial charge on any atom is 0.183 e. The molecule has 0 bridgehead atoms. The third-order valence-corrected chi connectivity index (χ3v) is 3.97.